The predicted molar refractivity (Wildman–Crippen MR) is 94.5 cm³/mol. The van der Waals surface area contributed by atoms with Gasteiger partial charge in [0, 0.05) is 17.9 Å². The molecule has 2 aliphatic rings. The van der Waals surface area contributed by atoms with Gasteiger partial charge in [0.1, 0.15) is 0 Å². The molecular formula is C21H26N2. The lowest BCUT2D eigenvalue weighted by atomic mass is 9.80. The number of rotatable bonds is 3. The number of benzene rings is 1. The van der Waals surface area contributed by atoms with Gasteiger partial charge in [-0.25, -0.2) is 0 Å². The topological polar surface area (TPSA) is 38.9 Å². The number of nitrogens with zero attached hydrogens (tertiary/aromatic N) is 1. The Hall–Kier alpha value is -1.67. The maximum atomic E-state index is 6.09. The molecular weight excluding hydrogens is 280 g/mol. The van der Waals surface area contributed by atoms with Gasteiger partial charge in [-0.1, -0.05) is 24.3 Å². The highest BCUT2D eigenvalue weighted by molar-refractivity contribution is 5.36. The van der Waals surface area contributed by atoms with E-state index >= 15 is 0 Å². The predicted octanol–water partition coefficient (Wildman–Crippen LogP) is 4.02. The summed E-state index contributed by atoms with van der Waals surface area (Å²) < 4.78 is 0. The van der Waals surface area contributed by atoms with Crippen molar-refractivity contribution in [3.8, 4) is 0 Å². The summed E-state index contributed by atoms with van der Waals surface area (Å²) in [6, 6.07) is 13.9. The van der Waals surface area contributed by atoms with Crippen molar-refractivity contribution < 1.29 is 0 Å². The minimum Gasteiger partial charge on any atom is -0.328 e. The van der Waals surface area contributed by atoms with Crippen LogP contribution in [0.2, 0.25) is 0 Å². The SMILES string of the molecule is NC1CCC(c2ccc3c(c2)CCC(Cc2ccccn2)C3)C1. The van der Waals surface area contributed by atoms with Gasteiger partial charge in [-0.3, -0.25) is 4.98 Å². The fourth-order valence-electron chi connectivity index (χ4n) is 4.41. The van der Waals surface area contributed by atoms with Crippen molar-refractivity contribution in [1.82, 2.24) is 4.98 Å². The molecule has 3 atom stereocenters. The number of pyridine rings is 1. The van der Waals surface area contributed by atoms with Gasteiger partial charge < -0.3 is 5.73 Å². The molecule has 2 N–H and O–H groups in total. The molecule has 4 rings (SSSR count). The largest absolute Gasteiger partial charge is 0.328 e. The average molecular weight is 306 g/mol. The van der Waals surface area contributed by atoms with Crippen molar-refractivity contribution in [2.45, 2.75) is 56.9 Å². The zero-order chi connectivity index (χ0) is 15.6. The molecule has 2 aliphatic carbocycles. The summed E-state index contributed by atoms with van der Waals surface area (Å²) in [5.41, 5.74) is 12.0. The van der Waals surface area contributed by atoms with E-state index in [4.69, 9.17) is 5.73 Å². The molecule has 2 heteroatoms. The third-order valence-corrected chi connectivity index (χ3v) is 5.73. The number of fused-ring (bicyclic) bond motifs is 1. The molecule has 0 aliphatic heterocycles. The number of hydrogen-bond donors (Lipinski definition) is 1. The van der Waals surface area contributed by atoms with Gasteiger partial charge >= 0.3 is 0 Å². The molecule has 23 heavy (non-hydrogen) atoms. The first-order valence-corrected chi connectivity index (χ1v) is 9.05. The summed E-state index contributed by atoms with van der Waals surface area (Å²) in [6.07, 6.45) is 10.4. The maximum Gasteiger partial charge on any atom is 0.0406 e. The summed E-state index contributed by atoms with van der Waals surface area (Å²) >= 11 is 0. The summed E-state index contributed by atoms with van der Waals surface area (Å²) in [5, 5.41) is 0. The molecule has 1 aromatic heterocycles. The van der Waals surface area contributed by atoms with Crippen LogP contribution < -0.4 is 5.73 Å². The van der Waals surface area contributed by atoms with Crippen molar-refractivity contribution in [3.05, 3.63) is 65.0 Å². The summed E-state index contributed by atoms with van der Waals surface area (Å²) in [7, 11) is 0. The summed E-state index contributed by atoms with van der Waals surface area (Å²) in [6.45, 7) is 0. The Labute approximate surface area is 139 Å². The van der Waals surface area contributed by atoms with Crippen molar-refractivity contribution in [2.75, 3.05) is 0 Å². The van der Waals surface area contributed by atoms with E-state index < -0.39 is 0 Å². The Morgan fingerprint density at radius 3 is 2.78 bits per heavy atom. The van der Waals surface area contributed by atoms with Gasteiger partial charge in [0.05, 0.1) is 0 Å². The van der Waals surface area contributed by atoms with Crippen LogP contribution in [0, 0.1) is 5.92 Å². The van der Waals surface area contributed by atoms with Crippen molar-refractivity contribution in [2.24, 2.45) is 11.7 Å². The lowest BCUT2D eigenvalue weighted by Crippen LogP contribution is -2.17. The van der Waals surface area contributed by atoms with Crippen LogP contribution in [-0.2, 0) is 19.3 Å². The first kappa shape index (κ1) is 14.9. The van der Waals surface area contributed by atoms with Gasteiger partial charge in [0.25, 0.3) is 0 Å². The van der Waals surface area contributed by atoms with Crippen LogP contribution in [0.3, 0.4) is 0 Å². The fourth-order valence-corrected chi connectivity index (χ4v) is 4.41. The third kappa shape index (κ3) is 3.32. The zero-order valence-corrected chi connectivity index (χ0v) is 13.7. The molecule has 0 amide bonds. The summed E-state index contributed by atoms with van der Waals surface area (Å²) in [4.78, 5) is 4.49. The first-order valence-electron chi connectivity index (χ1n) is 9.05. The maximum absolute atomic E-state index is 6.09. The van der Waals surface area contributed by atoms with Crippen LogP contribution in [-0.4, -0.2) is 11.0 Å². The van der Waals surface area contributed by atoms with Crippen LogP contribution in [0.15, 0.2) is 42.6 Å². The molecule has 0 bridgehead atoms. The second-order valence-electron chi connectivity index (χ2n) is 7.43. The second-order valence-corrected chi connectivity index (χ2v) is 7.43. The molecule has 1 fully saturated rings. The van der Waals surface area contributed by atoms with E-state index in [0.29, 0.717) is 12.0 Å². The lowest BCUT2D eigenvalue weighted by Gasteiger charge is -2.25. The molecule has 0 saturated heterocycles. The standard InChI is InChI=1S/C21H26N2/c22-20-9-8-19(14-20)18-7-6-16-11-15(4-5-17(16)13-18)12-21-3-1-2-10-23-21/h1-3,6-7,10,13,15,19-20H,4-5,8-9,11-12,14,22H2. The zero-order valence-electron chi connectivity index (χ0n) is 13.7. The Morgan fingerprint density at radius 2 is 2.00 bits per heavy atom. The minimum atomic E-state index is 0.416. The number of nitrogens with two attached hydrogens (primary N) is 1. The first-order chi connectivity index (χ1) is 11.3. The quantitative estimate of drug-likeness (QED) is 0.930. The monoisotopic (exact) mass is 306 g/mol. The molecule has 2 nitrogen and oxygen atoms in total. The van der Waals surface area contributed by atoms with Gasteiger partial charge in [-0.15, -0.1) is 0 Å². The third-order valence-electron chi connectivity index (χ3n) is 5.73. The molecule has 1 aromatic carbocycles. The van der Waals surface area contributed by atoms with Gasteiger partial charge in [0.15, 0.2) is 0 Å². The van der Waals surface area contributed by atoms with E-state index in [0.717, 1.165) is 12.3 Å². The van der Waals surface area contributed by atoms with E-state index in [-0.39, 0.29) is 0 Å². The smallest absolute Gasteiger partial charge is 0.0406 e. The Kier molecular flexibility index (Phi) is 4.17. The lowest BCUT2D eigenvalue weighted by molar-refractivity contribution is 0.451. The van der Waals surface area contributed by atoms with Gasteiger partial charge in [-0.05, 0) is 85.6 Å². The highest BCUT2D eigenvalue weighted by Gasteiger charge is 2.25. The van der Waals surface area contributed by atoms with E-state index in [2.05, 4.69) is 35.3 Å². The van der Waals surface area contributed by atoms with Gasteiger partial charge in [-0.2, -0.15) is 0 Å². The van der Waals surface area contributed by atoms with Crippen LogP contribution >= 0.6 is 0 Å². The van der Waals surface area contributed by atoms with E-state index in [1.807, 2.05) is 12.3 Å². The van der Waals surface area contributed by atoms with Gasteiger partial charge in [0.2, 0.25) is 0 Å². The van der Waals surface area contributed by atoms with Crippen molar-refractivity contribution in [3.63, 3.8) is 0 Å². The Morgan fingerprint density at radius 1 is 1.04 bits per heavy atom. The van der Waals surface area contributed by atoms with Crippen LogP contribution in [0.5, 0.6) is 0 Å². The Bertz CT molecular complexity index is 665. The van der Waals surface area contributed by atoms with Crippen LogP contribution in [0.4, 0.5) is 0 Å². The molecule has 1 heterocycles. The van der Waals surface area contributed by atoms with Crippen LogP contribution in [0.1, 0.15) is 54.0 Å². The van der Waals surface area contributed by atoms with Crippen molar-refractivity contribution in [1.29, 1.82) is 0 Å². The molecule has 120 valence electrons. The molecule has 1 saturated carbocycles. The van der Waals surface area contributed by atoms with Crippen molar-refractivity contribution >= 4 is 0 Å². The van der Waals surface area contributed by atoms with E-state index in [1.54, 1.807) is 11.1 Å². The normalized spacial score (nSPS) is 26.9. The number of aryl methyl sites for hydroxylation is 1. The average Bonchev–Trinajstić information content (AvgIpc) is 3.02. The highest BCUT2D eigenvalue weighted by Crippen LogP contribution is 2.36. The highest BCUT2D eigenvalue weighted by atomic mass is 14.7. The molecule has 3 unspecified atom stereocenters. The second kappa shape index (κ2) is 6.45. The molecule has 0 radical (unpaired) electrons. The number of hydrogen-bond acceptors (Lipinski definition) is 2. The minimum absolute atomic E-state index is 0.416. The fraction of sp³-hybridized carbons (Fsp3) is 0.476. The number of aromatic nitrogens is 1. The van der Waals surface area contributed by atoms with E-state index in [1.165, 1.54) is 49.8 Å². The van der Waals surface area contributed by atoms with Crippen LogP contribution in [0.25, 0.3) is 0 Å². The Balaban J connectivity index is 1.46. The van der Waals surface area contributed by atoms with E-state index in [9.17, 15) is 0 Å². The molecule has 2 aromatic rings. The molecule has 0 spiro atoms. The summed E-state index contributed by atoms with van der Waals surface area (Å²) in [5.74, 6) is 1.43.